The van der Waals surface area contributed by atoms with Crippen LogP contribution in [0.4, 0.5) is 0 Å². The second-order valence-electron chi connectivity index (χ2n) is 4.97. The molecule has 0 saturated heterocycles. The van der Waals surface area contributed by atoms with E-state index in [1.165, 1.54) is 0 Å². The summed E-state index contributed by atoms with van der Waals surface area (Å²) in [7, 11) is 1.99. The smallest absolute Gasteiger partial charge is 0.212 e. The van der Waals surface area contributed by atoms with E-state index in [2.05, 4.69) is 13.8 Å². The molecule has 1 aromatic carbocycles. The molecule has 0 saturated carbocycles. The van der Waals surface area contributed by atoms with Crippen LogP contribution in [0.1, 0.15) is 43.1 Å². The maximum Gasteiger partial charge on any atom is 0.239 e. The fourth-order valence-corrected chi connectivity index (χ4v) is 3.93. The third kappa shape index (κ3) is 1.98. The van der Waals surface area contributed by atoms with E-state index in [4.69, 9.17) is 10.7 Å². The summed E-state index contributed by atoms with van der Waals surface area (Å²) in [5, 5.41) is -0.543. The van der Waals surface area contributed by atoms with Gasteiger partial charge in [-0.25, -0.2) is 8.42 Å². The summed E-state index contributed by atoms with van der Waals surface area (Å²) in [6.45, 7) is 4.28. The zero-order valence-electron chi connectivity index (χ0n) is 9.40. The van der Waals surface area contributed by atoms with Gasteiger partial charge in [0, 0.05) is 10.7 Å². The van der Waals surface area contributed by atoms with Gasteiger partial charge in [-0.1, -0.05) is 38.1 Å². The lowest BCUT2D eigenvalue weighted by Gasteiger charge is -2.35. The van der Waals surface area contributed by atoms with Crippen LogP contribution in [-0.4, -0.2) is 8.42 Å². The standard InChI is InChI=1S/C12H15ClO2S/c1-12(2)8-7-11(16(13,14)15)9-5-3-4-6-10(9)12/h3-6,11H,7-8H2,1-2H3. The van der Waals surface area contributed by atoms with Crippen molar-refractivity contribution in [1.29, 1.82) is 0 Å². The van der Waals surface area contributed by atoms with Crippen molar-refractivity contribution < 1.29 is 8.42 Å². The average molecular weight is 259 g/mol. The number of hydrogen-bond acceptors (Lipinski definition) is 2. The molecule has 0 aromatic heterocycles. The average Bonchev–Trinajstić information content (AvgIpc) is 2.16. The first-order chi connectivity index (χ1) is 7.32. The molecule has 1 unspecified atom stereocenters. The Morgan fingerprint density at radius 3 is 2.56 bits per heavy atom. The maximum absolute atomic E-state index is 11.5. The summed E-state index contributed by atoms with van der Waals surface area (Å²) in [6.07, 6.45) is 1.45. The van der Waals surface area contributed by atoms with Gasteiger partial charge in [0.05, 0.1) is 0 Å². The van der Waals surface area contributed by atoms with Crippen LogP contribution in [0.25, 0.3) is 0 Å². The number of fused-ring (bicyclic) bond motifs is 1. The van der Waals surface area contributed by atoms with E-state index in [0.29, 0.717) is 6.42 Å². The van der Waals surface area contributed by atoms with E-state index in [0.717, 1.165) is 17.5 Å². The van der Waals surface area contributed by atoms with Gasteiger partial charge in [-0.3, -0.25) is 0 Å². The molecule has 4 heteroatoms. The Labute approximate surface area is 101 Å². The zero-order chi connectivity index (χ0) is 12.0. The third-order valence-electron chi connectivity index (χ3n) is 3.41. The lowest BCUT2D eigenvalue weighted by Crippen LogP contribution is -2.28. The Hall–Kier alpha value is -0.540. The van der Waals surface area contributed by atoms with Gasteiger partial charge in [0.1, 0.15) is 5.25 Å². The fraction of sp³-hybridized carbons (Fsp3) is 0.500. The van der Waals surface area contributed by atoms with E-state index in [-0.39, 0.29) is 5.41 Å². The Kier molecular flexibility index (Phi) is 2.79. The van der Waals surface area contributed by atoms with Crippen molar-refractivity contribution in [3.8, 4) is 0 Å². The molecule has 0 bridgehead atoms. The molecule has 88 valence electrons. The highest BCUT2D eigenvalue weighted by Crippen LogP contribution is 2.45. The minimum absolute atomic E-state index is 0.0364. The monoisotopic (exact) mass is 258 g/mol. The number of halogens is 1. The van der Waals surface area contributed by atoms with Crippen LogP contribution in [0.3, 0.4) is 0 Å². The molecule has 0 spiro atoms. The van der Waals surface area contributed by atoms with E-state index in [1.54, 1.807) is 0 Å². The van der Waals surface area contributed by atoms with Crippen LogP contribution in [0, 0.1) is 0 Å². The normalized spacial score (nSPS) is 23.8. The second-order valence-corrected chi connectivity index (χ2v) is 7.78. The van der Waals surface area contributed by atoms with Gasteiger partial charge in [-0.2, -0.15) is 0 Å². The molecule has 2 rings (SSSR count). The molecule has 2 nitrogen and oxygen atoms in total. The highest BCUT2D eigenvalue weighted by Gasteiger charge is 2.37. The summed E-state index contributed by atoms with van der Waals surface area (Å²) in [5.74, 6) is 0. The first kappa shape index (κ1) is 11.9. The Bertz CT molecular complexity index is 506. The van der Waals surface area contributed by atoms with Crippen LogP contribution in [-0.2, 0) is 14.5 Å². The molecule has 0 N–H and O–H groups in total. The van der Waals surface area contributed by atoms with Gasteiger partial charge in [0.2, 0.25) is 9.05 Å². The molecule has 1 atom stereocenters. The van der Waals surface area contributed by atoms with Gasteiger partial charge in [-0.15, -0.1) is 0 Å². The summed E-state index contributed by atoms with van der Waals surface area (Å²) in [4.78, 5) is 0. The molecule has 1 aromatic rings. The molecule has 0 amide bonds. The van der Waals surface area contributed by atoms with Gasteiger partial charge >= 0.3 is 0 Å². The summed E-state index contributed by atoms with van der Waals surface area (Å²) in [5.41, 5.74) is 2.01. The SMILES string of the molecule is CC1(C)CCC(S(=O)(=O)Cl)c2ccccc21. The summed E-state index contributed by atoms with van der Waals surface area (Å²) in [6, 6.07) is 7.70. The van der Waals surface area contributed by atoms with E-state index in [1.807, 2.05) is 24.3 Å². The van der Waals surface area contributed by atoms with E-state index < -0.39 is 14.3 Å². The Morgan fingerprint density at radius 1 is 1.31 bits per heavy atom. The first-order valence-corrected chi connectivity index (χ1v) is 7.72. The summed E-state index contributed by atoms with van der Waals surface area (Å²) < 4.78 is 23.1. The van der Waals surface area contributed by atoms with Gasteiger partial charge < -0.3 is 0 Å². The lowest BCUT2D eigenvalue weighted by molar-refractivity contribution is 0.422. The molecule has 0 fully saturated rings. The van der Waals surface area contributed by atoms with Crippen molar-refractivity contribution in [1.82, 2.24) is 0 Å². The van der Waals surface area contributed by atoms with Crippen LogP contribution in [0.2, 0.25) is 0 Å². The molecular weight excluding hydrogens is 244 g/mol. The molecule has 1 aliphatic rings. The second kappa shape index (κ2) is 3.74. The largest absolute Gasteiger partial charge is 0.239 e. The van der Waals surface area contributed by atoms with Crippen molar-refractivity contribution >= 4 is 19.7 Å². The van der Waals surface area contributed by atoms with Crippen LogP contribution >= 0.6 is 10.7 Å². The topological polar surface area (TPSA) is 34.1 Å². The molecule has 0 radical (unpaired) electrons. The molecule has 0 aliphatic heterocycles. The third-order valence-corrected chi connectivity index (χ3v) is 5.22. The number of rotatable bonds is 1. The van der Waals surface area contributed by atoms with Gasteiger partial charge in [0.15, 0.2) is 0 Å². The highest BCUT2D eigenvalue weighted by molar-refractivity contribution is 8.13. The molecule has 16 heavy (non-hydrogen) atoms. The van der Waals surface area contributed by atoms with Crippen molar-refractivity contribution in [3.05, 3.63) is 35.4 Å². The van der Waals surface area contributed by atoms with Crippen LogP contribution in [0.5, 0.6) is 0 Å². The van der Waals surface area contributed by atoms with Crippen molar-refractivity contribution in [2.24, 2.45) is 0 Å². The minimum atomic E-state index is -3.52. The van der Waals surface area contributed by atoms with Crippen molar-refractivity contribution in [3.63, 3.8) is 0 Å². The maximum atomic E-state index is 11.5. The lowest BCUT2D eigenvalue weighted by atomic mass is 9.73. The van der Waals surface area contributed by atoms with Gasteiger partial charge in [-0.05, 0) is 29.4 Å². The Balaban J connectivity index is 2.61. The van der Waals surface area contributed by atoms with Gasteiger partial charge in [0.25, 0.3) is 0 Å². The van der Waals surface area contributed by atoms with Crippen LogP contribution in [0.15, 0.2) is 24.3 Å². The van der Waals surface area contributed by atoms with Crippen molar-refractivity contribution in [2.75, 3.05) is 0 Å². The number of benzene rings is 1. The Morgan fingerprint density at radius 2 is 1.94 bits per heavy atom. The highest BCUT2D eigenvalue weighted by atomic mass is 35.7. The predicted molar refractivity (Wildman–Crippen MR) is 66.2 cm³/mol. The number of hydrogen-bond donors (Lipinski definition) is 0. The molecule has 1 aliphatic carbocycles. The quantitative estimate of drug-likeness (QED) is 0.724. The zero-order valence-corrected chi connectivity index (χ0v) is 11.0. The predicted octanol–water partition coefficient (Wildman–Crippen LogP) is 3.37. The minimum Gasteiger partial charge on any atom is -0.212 e. The fourth-order valence-electron chi connectivity index (χ4n) is 2.47. The van der Waals surface area contributed by atoms with Crippen LogP contribution < -0.4 is 0 Å². The first-order valence-electron chi connectivity index (χ1n) is 5.35. The van der Waals surface area contributed by atoms with E-state index in [9.17, 15) is 8.42 Å². The molecular formula is C12H15ClO2S. The van der Waals surface area contributed by atoms with E-state index >= 15 is 0 Å². The van der Waals surface area contributed by atoms with Crippen molar-refractivity contribution in [2.45, 2.75) is 37.4 Å². The summed E-state index contributed by atoms with van der Waals surface area (Å²) >= 11 is 0. The molecule has 0 heterocycles.